The Bertz CT molecular complexity index is 596. The zero-order valence-electron chi connectivity index (χ0n) is 10.4. The molecule has 2 rings (SSSR count). The van der Waals surface area contributed by atoms with Crippen LogP contribution in [0.1, 0.15) is 22.8 Å². The normalized spacial score (nSPS) is 10.3. The molecule has 0 unspecified atom stereocenters. The summed E-state index contributed by atoms with van der Waals surface area (Å²) in [7, 11) is 0. The second-order valence-corrected chi connectivity index (χ2v) is 5.45. The largest absolute Gasteiger partial charge is 0.321 e. The third-order valence-corrected chi connectivity index (χ3v) is 3.62. The standard InChI is InChI=1S/C15H13BrClNO/c1-2-10-3-5-11(6-4-10)15(19)18-14-9-12(16)7-8-13(14)17/h3-9H,2H2,1H3,(H,18,19). The van der Waals surface area contributed by atoms with Crippen molar-refractivity contribution in [2.45, 2.75) is 13.3 Å². The highest BCUT2D eigenvalue weighted by atomic mass is 79.9. The Labute approximate surface area is 125 Å². The zero-order chi connectivity index (χ0) is 13.8. The van der Waals surface area contributed by atoms with Gasteiger partial charge in [0, 0.05) is 10.0 Å². The van der Waals surface area contributed by atoms with Gasteiger partial charge in [-0.15, -0.1) is 0 Å². The van der Waals surface area contributed by atoms with E-state index in [9.17, 15) is 4.79 Å². The van der Waals surface area contributed by atoms with Gasteiger partial charge in [0.2, 0.25) is 0 Å². The molecule has 0 aliphatic carbocycles. The number of halogens is 2. The predicted molar refractivity (Wildman–Crippen MR) is 82.9 cm³/mol. The smallest absolute Gasteiger partial charge is 0.255 e. The molecular formula is C15H13BrClNO. The summed E-state index contributed by atoms with van der Waals surface area (Å²) in [6, 6.07) is 12.9. The number of benzene rings is 2. The highest BCUT2D eigenvalue weighted by molar-refractivity contribution is 9.10. The van der Waals surface area contributed by atoms with Crippen molar-refractivity contribution in [2.24, 2.45) is 0 Å². The number of rotatable bonds is 3. The Balaban J connectivity index is 2.18. The highest BCUT2D eigenvalue weighted by Crippen LogP contribution is 2.26. The van der Waals surface area contributed by atoms with Crippen molar-refractivity contribution < 1.29 is 4.79 Å². The average Bonchev–Trinajstić information content (AvgIpc) is 2.43. The number of anilines is 1. The van der Waals surface area contributed by atoms with E-state index in [-0.39, 0.29) is 5.91 Å². The molecule has 2 aromatic carbocycles. The van der Waals surface area contributed by atoms with Gasteiger partial charge in [-0.1, -0.05) is 46.6 Å². The summed E-state index contributed by atoms with van der Waals surface area (Å²) < 4.78 is 0.869. The Morgan fingerprint density at radius 3 is 2.53 bits per heavy atom. The molecule has 98 valence electrons. The maximum Gasteiger partial charge on any atom is 0.255 e. The highest BCUT2D eigenvalue weighted by Gasteiger charge is 2.08. The summed E-state index contributed by atoms with van der Waals surface area (Å²) in [6.45, 7) is 2.08. The van der Waals surface area contributed by atoms with Crippen LogP contribution in [0.5, 0.6) is 0 Å². The van der Waals surface area contributed by atoms with E-state index >= 15 is 0 Å². The van der Waals surface area contributed by atoms with E-state index in [0.717, 1.165) is 10.9 Å². The lowest BCUT2D eigenvalue weighted by atomic mass is 10.1. The molecule has 0 fully saturated rings. The second kappa shape index (κ2) is 6.22. The van der Waals surface area contributed by atoms with Crippen molar-refractivity contribution in [3.8, 4) is 0 Å². The van der Waals surface area contributed by atoms with E-state index in [2.05, 4.69) is 28.2 Å². The number of hydrogen-bond donors (Lipinski definition) is 1. The molecule has 1 N–H and O–H groups in total. The molecule has 0 aliphatic rings. The van der Waals surface area contributed by atoms with Gasteiger partial charge in [-0.25, -0.2) is 0 Å². The van der Waals surface area contributed by atoms with Crippen LogP contribution in [-0.2, 0) is 6.42 Å². The monoisotopic (exact) mass is 337 g/mol. The molecule has 0 heterocycles. The third-order valence-electron chi connectivity index (χ3n) is 2.80. The quantitative estimate of drug-likeness (QED) is 0.846. The first-order valence-electron chi connectivity index (χ1n) is 5.95. The molecular weight excluding hydrogens is 326 g/mol. The van der Waals surface area contributed by atoms with Crippen molar-refractivity contribution >= 4 is 39.1 Å². The number of carbonyl (C=O) groups excluding carboxylic acids is 1. The fourth-order valence-electron chi connectivity index (χ4n) is 1.68. The van der Waals surface area contributed by atoms with E-state index in [4.69, 9.17) is 11.6 Å². The van der Waals surface area contributed by atoms with E-state index in [1.807, 2.05) is 30.3 Å². The SMILES string of the molecule is CCc1ccc(C(=O)Nc2cc(Br)ccc2Cl)cc1. The fraction of sp³-hybridized carbons (Fsp3) is 0.133. The van der Waals surface area contributed by atoms with Crippen molar-refractivity contribution in [1.82, 2.24) is 0 Å². The Hall–Kier alpha value is -1.32. The fourth-order valence-corrected chi connectivity index (χ4v) is 2.21. The molecule has 0 radical (unpaired) electrons. The first kappa shape index (κ1) is 14.1. The summed E-state index contributed by atoms with van der Waals surface area (Å²) in [5.41, 5.74) is 2.42. The van der Waals surface area contributed by atoms with Crippen LogP contribution < -0.4 is 5.32 Å². The predicted octanol–water partition coefficient (Wildman–Crippen LogP) is 4.92. The van der Waals surface area contributed by atoms with Gasteiger partial charge in [0.1, 0.15) is 0 Å². The van der Waals surface area contributed by atoms with E-state index < -0.39 is 0 Å². The summed E-state index contributed by atoms with van der Waals surface area (Å²) >= 11 is 9.39. The molecule has 0 aliphatic heterocycles. The summed E-state index contributed by atoms with van der Waals surface area (Å²) in [5.74, 6) is -0.164. The van der Waals surface area contributed by atoms with E-state index in [0.29, 0.717) is 16.3 Å². The van der Waals surface area contributed by atoms with Crippen LogP contribution in [0.25, 0.3) is 0 Å². The number of hydrogen-bond acceptors (Lipinski definition) is 1. The molecule has 1 amide bonds. The van der Waals surface area contributed by atoms with Crippen LogP contribution in [0.15, 0.2) is 46.9 Å². The molecule has 4 heteroatoms. The Kier molecular flexibility index (Phi) is 4.61. The Morgan fingerprint density at radius 1 is 1.21 bits per heavy atom. The minimum atomic E-state index is -0.164. The van der Waals surface area contributed by atoms with Crippen molar-refractivity contribution in [1.29, 1.82) is 0 Å². The molecule has 2 aromatic rings. The molecule has 0 saturated heterocycles. The number of carbonyl (C=O) groups is 1. The van der Waals surface area contributed by atoms with E-state index in [1.54, 1.807) is 12.1 Å². The molecule has 2 nitrogen and oxygen atoms in total. The van der Waals surface area contributed by atoms with Crippen molar-refractivity contribution in [2.75, 3.05) is 5.32 Å². The average molecular weight is 339 g/mol. The summed E-state index contributed by atoms with van der Waals surface area (Å²) in [5, 5.41) is 3.32. The van der Waals surface area contributed by atoms with Crippen molar-refractivity contribution in [3.05, 3.63) is 63.1 Å². The maximum atomic E-state index is 12.1. The van der Waals surface area contributed by atoms with Gasteiger partial charge in [-0.05, 0) is 42.3 Å². The maximum absolute atomic E-state index is 12.1. The topological polar surface area (TPSA) is 29.1 Å². The minimum absolute atomic E-state index is 0.164. The van der Waals surface area contributed by atoms with Crippen LogP contribution in [-0.4, -0.2) is 5.91 Å². The molecule has 0 atom stereocenters. The lowest BCUT2D eigenvalue weighted by Gasteiger charge is -2.08. The number of aryl methyl sites for hydroxylation is 1. The van der Waals surface area contributed by atoms with Gasteiger partial charge < -0.3 is 5.32 Å². The van der Waals surface area contributed by atoms with Gasteiger partial charge in [0.25, 0.3) is 5.91 Å². The van der Waals surface area contributed by atoms with E-state index in [1.165, 1.54) is 5.56 Å². The van der Waals surface area contributed by atoms with Crippen LogP contribution in [0, 0.1) is 0 Å². The van der Waals surface area contributed by atoms with Gasteiger partial charge in [-0.2, -0.15) is 0 Å². The van der Waals surface area contributed by atoms with Gasteiger partial charge in [0.15, 0.2) is 0 Å². The first-order valence-corrected chi connectivity index (χ1v) is 7.12. The molecule has 0 bridgehead atoms. The van der Waals surface area contributed by atoms with Crippen LogP contribution in [0.4, 0.5) is 5.69 Å². The van der Waals surface area contributed by atoms with Gasteiger partial charge >= 0.3 is 0 Å². The first-order chi connectivity index (χ1) is 9.10. The number of nitrogens with one attached hydrogen (secondary N) is 1. The van der Waals surface area contributed by atoms with Gasteiger partial charge in [0.05, 0.1) is 10.7 Å². The Morgan fingerprint density at radius 2 is 1.89 bits per heavy atom. The lowest BCUT2D eigenvalue weighted by Crippen LogP contribution is -2.12. The molecule has 19 heavy (non-hydrogen) atoms. The number of amides is 1. The third kappa shape index (κ3) is 3.58. The van der Waals surface area contributed by atoms with Gasteiger partial charge in [-0.3, -0.25) is 4.79 Å². The minimum Gasteiger partial charge on any atom is -0.321 e. The summed E-state index contributed by atoms with van der Waals surface area (Å²) in [6.07, 6.45) is 0.958. The second-order valence-electron chi connectivity index (χ2n) is 4.13. The van der Waals surface area contributed by atoms with Crippen LogP contribution >= 0.6 is 27.5 Å². The van der Waals surface area contributed by atoms with Crippen LogP contribution in [0.3, 0.4) is 0 Å². The zero-order valence-corrected chi connectivity index (χ0v) is 12.8. The van der Waals surface area contributed by atoms with Crippen LogP contribution in [0.2, 0.25) is 5.02 Å². The van der Waals surface area contributed by atoms with Crippen molar-refractivity contribution in [3.63, 3.8) is 0 Å². The molecule has 0 aromatic heterocycles. The summed E-state index contributed by atoms with van der Waals surface area (Å²) in [4.78, 5) is 12.1. The lowest BCUT2D eigenvalue weighted by molar-refractivity contribution is 0.102. The molecule has 0 saturated carbocycles. The molecule has 0 spiro atoms.